The Labute approximate surface area is 154 Å². The topological polar surface area (TPSA) is 70.6 Å². The minimum Gasteiger partial charge on any atom is -0.497 e. The van der Waals surface area contributed by atoms with E-state index >= 15 is 0 Å². The van der Waals surface area contributed by atoms with Crippen LogP contribution in [0.4, 0.5) is 11.8 Å². The minimum absolute atomic E-state index is 0.133. The van der Waals surface area contributed by atoms with Crippen LogP contribution in [-0.2, 0) is 11.2 Å². The SMILES string of the molecule is COc1ccc(CCNc2nccc(N3CCN(C(C)=O)CC3)n2)cc1. The first-order chi connectivity index (χ1) is 12.7. The lowest BCUT2D eigenvalue weighted by Gasteiger charge is -2.34. The van der Waals surface area contributed by atoms with E-state index in [0.717, 1.165) is 50.7 Å². The van der Waals surface area contributed by atoms with Gasteiger partial charge in [0.15, 0.2) is 0 Å². The van der Waals surface area contributed by atoms with Crippen molar-refractivity contribution in [2.45, 2.75) is 13.3 Å². The molecule has 2 aromatic rings. The van der Waals surface area contributed by atoms with Gasteiger partial charge in [-0.25, -0.2) is 4.98 Å². The molecule has 0 aliphatic carbocycles. The van der Waals surface area contributed by atoms with Crippen molar-refractivity contribution >= 4 is 17.7 Å². The molecule has 26 heavy (non-hydrogen) atoms. The Morgan fingerprint density at radius 3 is 2.54 bits per heavy atom. The Hall–Kier alpha value is -2.83. The molecule has 7 nitrogen and oxygen atoms in total. The highest BCUT2D eigenvalue weighted by atomic mass is 16.5. The lowest BCUT2D eigenvalue weighted by Crippen LogP contribution is -2.48. The molecule has 7 heteroatoms. The summed E-state index contributed by atoms with van der Waals surface area (Å²) in [6.07, 6.45) is 2.66. The van der Waals surface area contributed by atoms with Crippen molar-refractivity contribution in [3.63, 3.8) is 0 Å². The van der Waals surface area contributed by atoms with Crippen molar-refractivity contribution < 1.29 is 9.53 Å². The van der Waals surface area contributed by atoms with E-state index in [0.29, 0.717) is 5.95 Å². The second kappa shape index (κ2) is 8.51. The van der Waals surface area contributed by atoms with E-state index in [1.807, 2.05) is 23.1 Å². The van der Waals surface area contributed by atoms with E-state index in [4.69, 9.17) is 4.74 Å². The lowest BCUT2D eigenvalue weighted by molar-refractivity contribution is -0.129. The Morgan fingerprint density at radius 1 is 1.15 bits per heavy atom. The van der Waals surface area contributed by atoms with Crippen molar-refractivity contribution in [3.8, 4) is 5.75 Å². The molecule has 0 unspecified atom stereocenters. The van der Waals surface area contributed by atoms with Gasteiger partial charge in [-0.05, 0) is 30.2 Å². The molecule has 1 aliphatic heterocycles. The second-order valence-corrected chi connectivity index (χ2v) is 6.26. The highest BCUT2D eigenvalue weighted by molar-refractivity contribution is 5.73. The lowest BCUT2D eigenvalue weighted by atomic mass is 10.1. The second-order valence-electron chi connectivity index (χ2n) is 6.26. The Balaban J connectivity index is 1.51. The van der Waals surface area contributed by atoms with Crippen LogP contribution in [0.5, 0.6) is 5.75 Å². The van der Waals surface area contributed by atoms with Gasteiger partial charge in [-0.3, -0.25) is 4.79 Å². The first-order valence-corrected chi connectivity index (χ1v) is 8.86. The summed E-state index contributed by atoms with van der Waals surface area (Å²) in [5.74, 6) is 2.52. The summed E-state index contributed by atoms with van der Waals surface area (Å²) in [6, 6.07) is 9.97. The smallest absolute Gasteiger partial charge is 0.224 e. The van der Waals surface area contributed by atoms with Gasteiger partial charge in [0.25, 0.3) is 0 Å². The van der Waals surface area contributed by atoms with Crippen LogP contribution in [0, 0.1) is 0 Å². The molecule has 1 saturated heterocycles. The molecular formula is C19H25N5O2. The zero-order valence-electron chi connectivity index (χ0n) is 15.3. The number of nitrogens with one attached hydrogen (secondary N) is 1. The fourth-order valence-electron chi connectivity index (χ4n) is 2.97. The van der Waals surface area contributed by atoms with Gasteiger partial charge in [0.1, 0.15) is 11.6 Å². The summed E-state index contributed by atoms with van der Waals surface area (Å²) >= 11 is 0. The number of aromatic nitrogens is 2. The molecule has 0 spiro atoms. The zero-order valence-corrected chi connectivity index (χ0v) is 15.3. The van der Waals surface area contributed by atoms with Gasteiger partial charge in [0.2, 0.25) is 11.9 Å². The maximum atomic E-state index is 11.4. The Morgan fingerprint density at radius 2 is 1.88 bits per heavy atom. The number of methoxy groups -OCH3 is 1. The average molecular weight is 355 g/mol. The number of hydrogen-bond donors (Lipinski definition) is 1. The van der Waals surface area contributed by atoms with Gasteiger partial charge in [0, 0.05) is 45.8 Å². The summed E-state index contributed by atoms with van der Waals surface area (Å²) in [5.41, 5.74) is 1.23. The third kappa shape index (κ3) is 4.62. The van der Waals surface area contributed by atoms with Crippen molar-refractivity contribution in [2.75, 3.05) is 50.1 Å². The van der Waals surface area contributed by atoms with Crippen LogP contribution in [0.1, 0.15) is 12.5 Å². The van der Waals surface area contributed by atoms with Crippen molar-refractivity contribution in [2.24, 2.45) is 0 Å². The van der Waals surface area contributed by atoms with Crippen LogP contribution in [0.25, 0.3) is 0 Å². The summed E-state index contributed by atoms with van der Waals surface area (Å²) in [5, 5.41) is 3.28. The number of ether oxygens (including phenoxy) is 1. The Kier molecular flexibility index (Phi) is 5.88. The largest absolute Gasteiger partial charge is 0.497 e. The number of amides is 1. The standard InChI is InChI=1S/C19H25N5O2/c1-15(25)23-11-13-24(14-12-23)18-8-10-21-19(22-18)20-9-7-16-3-5-17(26-2)6-4-16/h3-6,8,10H,7,9,11-14H2,1-2H3,(H,20,21,22). The van der Waals surface area contributed by atoms with Crippen LogP contribution in [0.15, 0.2) is 36.5 Å². The monoisotopic (exact) mass is 355 g/mol. The van der Waals surface area contributed by atoms with Gasteiger partial charge in [-0.15, -0.1) is 0 Å². The zero-order chi connectivity index (χ0) is 18.4. The highest BCUT2D eigenvalue weighted by Gasteiger charge is 2.19. The normalized spacial score (nSPS) is 14.2. The number of nitrogens with zero attached hydrogens (tertiary/aromatic N) is 4. The van der Waals surface area contributed by atoms with Gasteiger partial charge in [-0.1, -0.05) is 12.1 Å². The first kappa shape index (κ1) is 18.0. The van der Waals surface area contributed by atoms with Crippen LogP contribution in [0.2, 0.25) is 0 Å². The number of piperazine rings is 1. The molecule has 0 bridgehead atoms. The van der Waals surface area contributed by atoms with Crippen LogP contribution < -0.4 is 15.0 Å². The minimum atomic E-state index is 0.133. The predicted octanol–water partition coefficient (Wildman–Crippen LogP) is 1.81. The summed E-state index contributed by atoms with van der Waals surface area (Å²) in [6.45, 7) is 5.43. The number of carbonyl (C=O) groups is 1. The van der Waals surface area contributed by atoms with Gasteiger partial charge in [0.05, 0.1) is 7.11 Å². The maximum absolute atomic E-state index is 11.4. The van der Waals surface area contributed by atoms with Crippen LogP contribution in [0.3, 0.4) is 0 Å². The van der Waals surface area contributed by atoms with Gasteiger partial charge in [-0.2, -0.15) is 4.98 Å². The molecule has 1 aromatic heterocycles. The molecule has 0 atom stereocenters. The number of rotatable bonds is 6. The molecule has 0 saturated carbocycles. The van der Waals surface area contributed by atoms with Crippen molar-refractivity contribution in [1.82, 2.24) is 14.9 Å². The molecule has 1 aliphatic rings. The Bertz CT molecular complexity index is 727. The molecule has 1 amide bonds. The van der Waals surface area contributed by atoms with E-state index in [1.165, 1.54) is 5.56 Å². The number of carbonyl (C=O) groups excluding carboxylic acids is 1. The van der Waals surface area contributed by atoms with E-state index in [1.54, 1.807) is 20.2 Å². The molecule has 1 aromatic carbocycles. The number of hydrogen-bond acceptors (Lipinski definition) is 6. The van der Waals surface area contributed by atoms with Crippen molar-refractivity contribution in [1.29, 1.82) is 0 Å². The molecule has 2 heterocycles. The highest BCUT2D eigenvalue weighted by Crippen LogP contribution is 2.15. The molecular weight excluding hydrogens is 330 g/mol. The summed E-state index contributed by atoms with van der Waals surface area (Å²) in [4.78, 5) is 24.4. The third-order valence-corrected chi connectivity index (χ3v) is 4.55. The number of anilines is 2. The van der Waals surface area contributed by atoms with E-state index in [2.05, 4.69) is 32.3 Å². The summed E-state index contributed by atoms with van der Waals surface area (Å²) < 4.78 is 5.17. The first-order valence-electron chi connectivity index (χ1n) is 8.86. The quantitative estimate of drug-likeness (QED) is 0.852. The van der Waals surface area contributed by atoms with E-state index in [-0.39, 0.29) is 5.91 Å². The fraction of sp³-hybridized carbons (Fsp3) is 0.421. The fourth-order valence-corrected chi connectivity index (χ4v) is 2.97. The van der Waals surface area contributed by atoms with Gasteiger partial charge >= 0.3 is 0 Å². The predicted molar refractivity (Wildman–Crippen MR) is 102 cm³/mol. The van der Waals surface area contributed by atoms with E-state index in [9.17, 15) is 4.79 Å². The molecule has 1 N–H and O–H groups in total. The maximum Gasteiger partial charge on any atom is 0.224 e. The van der Waals surface area contributed by atoms with Gasteiger partial charge < -0.3 is 19.9 Å². The molecule has 3 rings (SSSR count). The molecule has 1 fully saturated rings. The van der Waals surface area contributed by atoms with E-state index < -0.39 is 0 Å². The van der Waals surface area contributed by atoms with Crippen LogP contribution in [-0.4, -0.2) is 60.6 Å². The molecule has 0 radical (unpaired) electrons. The number of benzene rings is 1. The third-order valence-electron chi connectivity index (χ3n) is 4.55. The average Bonchev–Trinajstić information content (AvgIpc) is 2.69. The van der Waals surface area contributed by atoms with Crippen molar-refractivity contribution in [3.05, 3.63) is 42.1 Å². The molecule has 138 valence electrons. The van der Waals surface area contributed by atoms with Crippen LogP contribution >= 0.6 is 0 Å². The summed E-state index contributed by atoms with van der Waals surface area (Å²) in [7, 11) is 1.67.